The number of carbonyl (C=O) groups is 3. The fraction of sp³-hybridized carbons (Fsp3) is 0.769. The second-order valence-corrected chi connectivity index (χ2v) is 5.13. The number of esters is 1. The Kier molecular flexibility index (Phi) is 6.88. The van der Waals surface area contributed by atoms with E-state index in [0.29, 0.717) is 0 Å². The summed E-state index contributed by atoms with van der Waals surface area (Å²) in [5, 5.41) is 30.8. The summed E-state index contributed by atoms with van der Waals surface area (Å²) in [5.41, 5.74) is 0. The first-order valence-corrected chi connectivity index (χ1v) is 6.94. The standard InChI is InChI=1S/C13H21NO9/c1-5(12(19)20)21-11-9(14-6(2)16)13(22-7(3)17)23-8(4-15)10(11)18/h5,8-11,13,15,18H,4H2,1-3H3,(H,14,16)(H,19,20)/t5-,8-,9-,10-,11-,13?/m1/s1. The molecule has 0 radical (unpaired) electrons. The first kappa shape index (κ1) is 19.3. The average Bonchev–Trinajstić information content (AvgIpc) is 2.44. The molecule has 1 saturated heterocycles. The molecule has 1 unspecified atom stereocenters. The normalized spacial score (nSPS) is 32.0. The van der Waals surface area contributed by atoms with Crippen LogP contribution >= 0.6 is 0 Å². The summed E-state index contributed by atoms with van der Waals surface area (Å²) < 4.78 is 15.5. The molecule has 0 spiro atoms. The lowest BCUT2D eigenvalue weighted by Crippen LogP contribution is -2.66. The highest BCUT2D eigenvalue weighted by Gasteiger charge is 2.48. The summed E-state index contributed by atoms with van der Waals surface area (Å²) in [6, 6.07) is -1.14. The van der Waals surface area contributed by atoms with Crippen molar-refractivity contribution in [1.29, 1.82) is 0 Å². The molecule has 4 N–H and O–H groups in total. The minimum Gasteiger partial charge on any atom is -0.479 e. The quantitative estimate of drug-likeness (QED) is 0.403. The van der Waals surface area contributed by atoms with E-state index < -0.39 is 61.2 Å². The number of rotatable bonds is 6. The monoisotopic (exact) mass is 335 g/mol. The predicted octanol–water partition coefficient (Wildman–Crippen LogP) is -2.01. The highest BCUT2D eigenvalue weighted by atomic mass is 16.7. The number of hydrogen-bond donors (Lipinski definition) is 4. The van der Waals surface area contributed by atoms with E-state index in [1.54, 1.807) is 0 Å². The molecule has 0 saturated carbocycles. The molecule has 132 valence electrons. The molecule has 10 heteroatoms. The lowest BCUT2D eigenvalue weighted by Gasteiger charge is -2.44. The van der Waals surface area contributed by atoms with E-state index in [1.165, 1.54) is 13.8 Å². The zero-order valence-electron chi connectivity index (χ0n) is 13.0. The van der Waals surface area contributed by atoms with Gasteiger partial charge in [0, 0.05) is 13.8 Å². The van der Waals surface area contributed by atoms with E-state index in [4.69, 9.17) is 19.3 Å². The average molecular weight is 335 g/mol. The predicted molar refractivity (Wildman–Crippen MR) is 73.1 cm³/mol. The van der Waals surface area contributed by atoms with Crippen molar-refractivity contribution in [2.24, 2.45) is 0 Å². The molecule has 1 aliphatic heterocycles. The fourth-order valence-electron chi connectivity index (χ4n) is 2.18. The van der Waals surface area contributed by atoms with Crippen molar-refractivity contribution in [3.63, 3.8) is 0 Å². The largest absolute Gasteiger partial charge is 0.479 e. The Morgan fingerprint density at radius 3 is 2.35 bits per heavy atom. The molecule has 10 nitrogen and oxygen atoms in total. The van der Waals surface area contributed by atoms with Crippen molar-refractivity contribution in [3.05, 3.63) is 0 Å². The number of carboxylic acid groups (broad SMARTS) is 1. The van der Waals surface area contributed by atoms with Gasteiger partial charge in [-0.1, -0.05) is 0 Å². The van der Waals surface area contributed by atoms with Crippen LogP contribution in [0.1, 0.15) is 20.8 Å². The van der Waals surface area contributed by atoms with Crippen LogP contribution in [-0.2, 0) is 28.6 Å². The van der Waals surface area contributed by atoms with Crippen molar-refractivity contribution >= 4 is 17.8 Å². The number of amides is 1. The van der Waals surface area contributed by atoms with Crippen LogP contribution in [0.3, 0.4) is 0 Å². The van der Waals surface area contributed by atoms with E-state index in [9.17, 15) is 24.6 Å². The summed E-state index contributed by atoms with van der Waals surface area (Å²) in [5.74, 6) is -2.53. The molecule has 6 atom stereocenters. The summed E-state index contributed by atoms with van der Waals surface area (Å²) in [4.78, 5) is 33.5. The Morgan fingerprint density at radius 2 is 1.91 bits per heavy atom. The van der Waals surface area contributed by atoms with Gasteiger partial charge >= 0.3 is 11.9 Å². The fourth-order valence-corrected chi connectivity index (χ4v) is 2.18. The zero-order valence-corrected chi connectivity index (χ0v) is 13.0. The Hall–Kier alpha value is -1.75. The molecule has 0 aromatic heterocycles. The number of nitrogens with one attached hydrogen (secondary N) is 1. The van der Waals surface area contributed by atoms with Gasteiger partial charge in [-0.25, -0.2) is 4.79 Å². The topological polar surface area (TPSA) is 152 Å². The van der Waals surface area contributed by atoms with Gasteiger partial charge in [0.1, 0.15) is 24.4 Å². The minimum absolute atomic E-state index is 0.526. The van der Waals surface area contributed by atoms with Gasteiger partial charge in [0.2, 0.25) is 12.2 Å². The lowest BCUT2D eigenvalue weighted by molar-refractivity contribution is -0.273. The molecule has 0 aliphatic carbocycles. The molecule has 1 fully saturated rings. The van der Waals surface area contributed by atoms with Gasteiger partial charge in [0.15, 0.2) is 6.10 Å². The van der Waals surface area contributed by atoms with Crippen molar-refractivity contribution in [2.75, 3.05) is 6.61 Å². The number of carbonyl (C=O) groups excluding carboxylic acids is 2. The van der Waals surface area contributed by atoms with Crippen LogP contribution in [0.4, 0.5) is 0 Å². The minimum atomic E-state index is -1.44. The van der Waals surface area contributed by atoms with Crippen molar-refractivity contribution in [2.45, 2.75) is 57.5 Å². The molecule has 0 bridgehead atoms. The van der Waals surface area contributed by atoms with Crippen LogP contribution in [0.25, 0.3) is 0 Å². The summed E-state index contributed by atoms with van der Waals surface area (Å²) in [6.07, 6.45) is -6.52. The summed E-state index contributed by atoms with van der Waals surface area (Å²) in [7, 11) is 0. The second-order valence-electron chi connectivity index (χ2n) is 5.13. The SMILES string of the molecule is CC(=O)N[C@H]1C(OC(C)=O)O[C@H](CO)[C@@H](O)[C@@H]1O[C@H](C)C(=O)O. The van der Waals surface area contributed by atoms with Gasteiger partial charge in [0.05, 0.1) is 6.61 Å². The molecule has 1 aliphatic rings. The van der Waals surface area contributed by atoms with E-state index >= 15 is 0 Å². The van der Waals surface area contributed by atoms with Crippen LogP contribution in [0.5, 0.6) is 0 Å². The van der Waals surface area contributed by atoms with Crippen molar-refractivity contribution in [1.82, 2.24) is 5.32 Å². The number of ether oxygens (including phenoxy) is 3. The first-order valence-electron chi connectivity index (χ1n) is 6.94. The Morgan fingerprint density at radius 1 is 1.30 bits per heavy atom. The Bertz CT molecular complexity index is 455. The van der Waals surface area contributed by atoms with Crippen LogP contribution in [0.15, 0.2) is 0 Å². The highest BCUT2D eigenvalue weighted by molar-refractivity contribution is 5.73. The van der Waals surface area contributed by atoms with Crippen LogP contribution < -0.4 is 5.32 Å². The number of aliphatic hydroxyl groups is 2. The van der Waals surface area contributed by atoms with Gasteiger partial charge in [-0.05, 0) is 6.92 Å². The van der Waals surface area contributed by atoms with Gasteiger partial charge < -0.3 is 34.8 Å². The number of aliphatic hydroxyl groups excluding tert-OH is 2. The molecule has 1 rings (SSSR count). The van der Waals surface area contributed by atoms with Gasteiger partial charge in [-0.3, -0.25) is 9.59 Å². The molecular formula is C13H21NO9. The number of aliphatic carboxylic acids is 1. The molecular weight excluding hydrogens is 314 g/mol. The third kappa shape index (κ3) is 5.13. The number of hydrogen-bond acceptors (Lipinski definition) is 8. The third-order valence-electron chi connectivity index (χ3n) is 3.21. The molecule has 1 heterocycles. The van der Waals surface area contributed by atoms with Gasteiger partial charge in [-0.2, -0.15) is 0 Å². The third-order valence-corrected chi connectivity index (χ3v) is 3.21. The summed E-state index contributed by atoms with van der Waals surface area (Å²) in [6.45, 7) is 2.92. The lowest BCUT2D eigenvalue weighted by atomic mass is 9.96. The maximum atomic E-state index is 11.4. The van der Waals surface area contributed by atoms with E-state index in [-0.39, 0.29) is 0 Å². The number of carboxylic acids is 1. The zero-order chi connectivity index (χ0) is 17.7. The van der Waals surface area contributed by atoms with Crippen molar-refractivity contribution in [3.8, 4) is 0 Å². The maximum Gasteiger partial charge on any atom is 0.332 e. The molecule has 23 heavy (non-hydrogen) atoms. The molecule has 0 aromatic rings. The molecule has 0 aromatic carbocycles. The van der Waals surface area contributed by atoms with Crippen LogP contribution in [-0.4, -0.2) is 76.5 Å². The Balaban J connectivity index is 3.09. The van der Waals surface area contributed by atoms with Crippen LogP contribution in [0, 0.1) is 0 Å². The Labute approximate surface area is 132 Å². The van der Waals surface area contributed by atoms with Crippen LogP contribution in [0.2, 0.25) is 0 Å². The highest BCUT2D eigenvalue weighted by Crippen LogP contribution is 2.25. The maximum absolute atomic E-state index is 11.4. The van der Waals surface area contributed by atoms with E-state index in [2.05, 4.69) is 5.32 Å². The second kappa shape index (κ2) is 8.20. The van der Waals surface area contributed by atoms with Crippen molar-refractivity contribution < 1.29 is 43.9 Å². The van der Waals surface area contributed by atoms with E-state index in [0.717, 1.165) is 6.92 Å². The van der Waals surface area contributed by atoms with E-state index in [1.807, 2.05) is 0 Å². The summed E-state index contributed by atoms with van der Waals surface area (Å²) >= 11 is 0. The smallest absolute Gasteiger partial charge is 0.332 e. The van der Waals surface area contributed by atoms with Gasteiger partial charge in [0.25, 0.3) is 0 Å². The molecule has 1 amide bonds. The van der Waals surface area contributed by atoms with Gasteiger partial charge in [-0.15, -0.1) is 0 Å². The first-order chi connectivity index (χ1) is 10.7.